The lowest BCUT2D eigenvalue weighted by atomic mass is 9.76. The highest BCUT2D eigenvalue weighted by molar-refractivity contribution is 5.88. The fourth-order valence-corrected chi connectivity index (χ4v) is 4.23. The molecule has 30 heavy (non-hydrogen) atoms. The Morgan fingerprint density at radius 3 is 2.43 bits per heavy atom. The molecule has 1 aromatic carbocycles. The van der Waals surface area contributed by atoms with Crippen molar-refractivity contribution in [3.63, 3.8) is 0 Å². The first-order valence-electron chi connectivity index (χ1n) is 9.94. The first kappa shape index (κ1) is 22.3. The van der Waals surface area contributed by atoms with Gasteiger partial charge in [0.2, 0.25) is 5.91 Å². The van der Waals surface area contributed by atoms with E-state index < -0.39 is 41.8 Å². The highest BCUT2D eigenvalue weighted by Crippen LogP contribution is 2.43. The Morgan fingerprint density at radius 1 is 1.17 bits per heavy atom. The number of amides is 3. The summed E-state index contributed by atoms with van der Waals surface area (Å²) < 4.78 is 66.3. The fraction of sp³-hybridized carbons (Fsp3) is 0.600. The molecule has 1 saturated heterocycles. The molecule has 2 fully saturated rings. The van der Waals surface area contributed by atoms with Crippen LogP contribution in [0.25, 0.3) is 0 Å². The van der Waals surface area contributed by atoms with Crippen molar-refractivity contribution in [3.8, 4) is 0 Å². The first-order valence-corrected chi connectivity index (χ1v) is 9.94. The Morgan fingerprint density at radius 2 is 1.83 bits per heavy atom. The van der Waals surface area contributed by atoms with Crippen LogP contribution < -0.4 is 10.6 Å². The van der Waals surface area contributed by atoms with Crippen molar-refractivity contribution in [2.24, 2.45) is 11.8 Å². The summed E-state index contributed by atoms with van der Waals surface area (Å²) in [7, 11) is 0. The Kier molecular flexibility index (Phi) is 6.52. The van der Waals surface area contributed by atoms with E-state index in [0.717, 1.165) is 12.1 Å². The van der Waals surface area contributed by atoms with Crippen LogP contribution >= 0.6 is 0 Å². The molecule has 10 heteroatoms. The molecular formula is C20H24F5N3O2. The summed E-state index contributed by atoms with van der Waals surface area (Å²) in [4.78, 5) is 26.0. The van der Waals surface area contributed by atoms with Crippen molar-refractivity contribution in [1.29, 1.82) is 0 Å². The summed E-state index contributed by atoms with van der Waals surface area (Å²) in [5.41, 5.74) is 0.284. The van der Waals surface area contributed by atoms with Gasteiger partial charge in [-0.15, -0.1) is 0 Å². The Balaban J connectivity index is 1.80. The van der Waals surface area contributed by atoms with Crippen molar-refractivity contribution < 1.29 is 31.5 Å². The third-order valence-electron chi connectivity index (χ3n) is 6.05. The van der Waals surface area contributed by atoms with Gasteiger partial charge in [0.1, 0.15) is 6.04 Å². The number of nitrogens with one attached hydrogen (secondary N) is 2. The smallest absolute Gasteiger partial charge is 0.353 e. The number of hydrogen-bond acceptors (Lipinski definition) is 2. The molecule has 166 valence electrons. The van der Waals surface area contributed by atoms with Crippen LogP contribution in [0.2, 0.25) is 0 Å². The lowest BCUT2D eigenvalue weighted by Gasteiger charge is -2.38. The molecule has 0 bridgehead atoms. The molecule has 1 heterocycles. The number of benzene rings is 1. The van der Waals surface area contributed by atoms with Crippen LogP contribution in [0.4, 0.5) is 26.7 Å². The Hall–Kier alpha value is -2.39. The van der Waals surface area contributed by atoms with Gasteiger partial charge in [-0.3, -0.25) is 4.79 Å². The van der Waals surface area contributed by atoms with Crippen LogP contribution in [-0.4, -0.2) is 42.1 Å². The number of hydrogen-bond donors (Lipinski definition) is 2. The molecule has 3 rings (SSSR count). The van der Waals surface area contributed by atoms with Gasteiger partial charge < -0.3 is 15.5 Å². The number of rotatable bonds is 3. The van der Waals surface area contributed by atoms with Crippen molar-refractivity contribution in [1.82, 2.24) is 15.5 Å². The summed E-state index contributed by atoms with van der Waals surface area (Å²) in [6.45, 7) is 2.11. The third-order valence-corrected chi connectivity index (χ3v) is 6.05. The van der Waals surface area contributed by atoms with Crippen LogP contribution in [0.1, 0.15) is 44.2 Å². The summed E-state index contributed by atoms with van der Waals surface area (Å²) in [6.07, 6.45) is -4.09. The normalized spacial score (nSPS) is 26.1. The second-order valence-electron chi connectivity index (χ2n) is 7.91. The summed E-state index contributed by atoms with van der Waals surface area (Å²) >= 11 is 0. The van der Waals surface area contributed by atoms with E-state index >= 15 is 0 Å². The maximum atomic E-state index is 13.8. The van der Waals surface area contributed by atoms with E-state index in [9.17, 15) is 31.5 Å². The minimum absolute atomic E-state index is 0.0905. The fourth-order valence-electron chi connectivity index (χ4n) is 4.23. The second-order valence-corrected chi connectivity index (χ2v) is 7.91. The van der Waals surface area contributed by atoms with E-state index in [-0.39, 0.29) is 56.2 Å². The average Bonchev–Trinajstić information content (AvgIpc) is 2.69. The molecule has 1 saturated carbocycles. The molecular weight excluding hydrogens is 409 g/mol. The van der Waals surface area contributed by atoms with Crippen LogP contribution in [0.15, 0.2) is 18.2 Å². The molecule has 0 spiro atoms. The van der Waals surface area contributed by atoms with Gasteiger partial charge in [0.15, 0.2) is 11.6 Å². The maximum Gasteiger partial charge on any atom is 0.391 e. The van der Waals surface area contributed by atoms with Gasteiger partial charge >= 0.3 is 12.2 Å². The van der Waals surface area contributed by atoms with Gasteiger partial charge in [-0.05, 0) is 56.2 Å². The summed E-state index contributed by atoms with van der Waals surface area (Å²) in [5.74, 6) is -4.23. The highest BCUT2D eigenvalue weighted by Gasteiger charge is 2.43. The van der Waals surface area contributed by atoms with Crippen molar-refractivity contribution in [2.75, 3.05) is 13.1 Å². The topological polar surface area (TPSA) is 61.4 Å². The highest BCUT2D eigenvalue weighted by atomic mass is 19.4. The van der Waals surface area contributed by atoms with Gasteiger partial charge in [0.05, 0.1) is 12.0 Å². The predicted octanol–water partition coefficient (Wildman–Crippen LogP) is 3.90. The quantitative estimate of drug-likeness (QED) is 0.711. The number of urea groups is 1. The third kappa shape index (κ3) is 4.84. The Labute approximate surface area is 171 Å². The second kappa shape index (κ2) is 8.77. The number of carbonyl (C=O) groups excluding carboxylic acids is 2. The van der Waals surface area contributed by atoms with Crippen molar-refractivity contribution >= 4 is 11.9 Å². The summed E-state index contributed by atoms with van der Waals surface area (Å²) in [6, 6.07) is 1.14. The lowest BCUT2D eigenvalue weighted by molar-refractivity contribution is -0.184. The first-order chi connectivity index (χ1) is 14.1. The minimum atomic E-state index is -4.28. The zero-order chi connectivity index (χ0) is 22.1. The zero-order valence-corrected chi connectivity index (χ0v) is 16.4. The number of halogens is 5. The minimum Gasteiger partial charge on any atom is -0.353 e. The largest absolute Gasteiger partial charge is 0.391 e. The van der Waals surface area contributed by atoms with Crippen LogP contribution in [0.5, 0.6) is 0 Å². The molecule has 5 nitrogen and oxygen atoms in total. The van der Waals surface area contributed by atoms with Gasteiger partial charge in [0.25, 0.3) is 0 Å². The molecule has 0 aromatic heterocycles. The van der Waals surface area contributed by atoms with Gasteiger partial charge in [-0.25, -0.2) is 13.6 Å². The lowest BCUT2D eigenvalue weighted by Crippen LogP contribution is -2.58. The maximum absolute atomic E-state index is 13.8. The monoisotopic (exact) mass is 433 g/mol. The molecule has 1 aliphatic heterocycles. The van der Waals surface area contributed by atoms with Crippen molar-refractivity contribution in [2.45, 2.75) is 50.9 Å². The number of nitrogens with zero attached hydrogens (tertiary/aromatic N) is 1. The van der Waals surface area contributed by atoms with Crippen molar-refractivity contribution in [3.05, 3.63) is 35.4 Å². The average molecular weight is 433 g/mol. The molecule has 0 unspecified atom stereocenters. The van der Waals surface area contributed by atoms with E-state index in [1.54, 1.807) is 6.92 Å². The SMILES string of the molecule is C[C@@H]1C(=O)NCCN1C(=O)N[C@H](c1ccc(F)c(F)c1)[C@H]1CC[C@H](C(F)(F)F)CC1. The van der Waals surface area contributed by atoms with Gasteiger partial charge in [0, 0.05) is 13.1 Å². The van der Waals surface area contributed by atoms with E-state index in [1.165, 1.54) is 11.0 Å². The standard InChI is InChI=1S/C20H24F5N3O2/c1-11-18(29)26-8-9-28(11)19(30)27-17(13-4-7-15(21)16(22)10-13)12-2-5-14(6-3-12)20(23,24)25/h4,7,10-12,14,17H,2-3,5-6,8-9H2,1H3,(H,26,29)(H,27,30)/t11-,12-,14-,17+/m1/s1. The molecule has 1 aromatic rings. The van der Waals surface area contributed by atoms with Gasteiger partial charge in [-0.1, -0.05) is 6.07 Å². The van der Waals surface area contributed by atoms with E-state index in [1.807, 2.05) is 0 Å². The number of carbonyl (C=O) groups is 2. The number of piperazine rings is 1. The zero-order valence-electron chi connectivity index (χ0n) is 16.4. The van der Waals surface area contributed by atoms with Crippen LogP contribution in [0, 0.1) is 23.5 Å². The van der Waals surface area contributed by atoms with E-state index in [0.29, 0.717) is 0 Å². The van der Waals surface area contributed by atoms with Crippen LogP contribution in [-0.2, 0) is 4.79 Å². The molecule has 2 atom stereocenters. The van der Waals surface area contributed by atoms with E-state index in [4.69, 9.17) is 0 Å². The molecule has 2 N–H and O–H groups in total. The number of alkyl halides is 3. The van der Waals surface area contributed by atoms with Crippen LogP contribution in [0.3, 0.4) is 0 Å². The molecule has 1 aliphatic carbocycles. The Bertz CT molecular complexity index is 793. The summed E-state index contributed by atoms with van der Waals surface area (Å²) in [5, 5.41) is 5.40. The van der Waals surface area contributed by atoms with Gasteiger partial charge in [-0.2, -0.15) is 13.2 Å². The predicted molar refractivity (Wildman–Crippen MR) is 98.3 cm³/mol. The molecule has 2 aliphatic rings. The molecule has 3 amide bonds. The molecule has 0 radical (unpaired) electrons. The van der Waals surface area contributed by atoms with E-state index in [2.05, 4.69) is 10.6 Å².